The number of benzene rings is 2. The largest absolute Gasteiger partial charge is 0.452 e. The maximum Gasteiger partial charge on any atom is 0.340 e. The van der Waals surface area contributed by atoms with Crippen LogP contribution in [0.4, 0.5) is 0 Å². The summed E-state index contributed by atoms with van der Waals surface area (Å²) in [6.45, 7) is 1.38. The molecular formula is C19H20ClNO5S. The standard InChI is InChI=1S/C19H20ClNO5S/c1-13(14-7-5-4-6-8-14)21(2)18(22)12-26-19(23)16-11-15(27(3,24)25)9-10-17(16)20/h4-11,13H,12H2,1-3H3/t13-/m1/s1. The van der Waals surface area contributed by atoms with Gasteiger partial charge in [-0.1, -0.05) is 41.9 Å². The van der Waals surface area contributed by atoms with Crippen molar-refractivity contribution in [2.45, 2.75) is 17.9 Å². The molecule has 27 heavy (non-hydrogen) atoms. The molecule has 0 unspecified atom stereocenters. The predicted molar refractivity (Wildman–Crippen MR) is 102 cm³/mol. The second kappa shape index (κ2) is 8.54. The van der Waals surface area contributed by atoms with Crippen molar-refractivity contribution in [3.05, 3.63) is 64.7 Å². The summed E-state index contributed by atoms with van der Waals surface area (Å²) in [5.41, 5.74) is 0.842. The highest BCUT2D eigenvalue weighted by molar-refractivity contribution is 7.90. The van der Waals surface area contributed by atoms with Crippen LogP contribution in [0.5, 0.6) is 0 Å². The first kappa shape index (κ1) is 20.9. The van der Waals surface area contributed by atoms with Crippen LogP contribution < -0.4 is 0 Å². The van der Waals surface area contributed by atoms with Crippen molar-refractivity contribution >= 4 is 33.3 Å². The zero-order valence-corrected chi connectivity index (χ0v) is 16.8. The minimum absolute atomic E-state index is 0.0471. The molecule has 144 valence electrons. The lowest BCUT2D eigenvalue weighted by Crippen LogP contribution is -2.33. The van der Waals surface area contributed by atoms with E-state index in [-0.39, 0.29) is 21.5 Å². The van der Waals surface area contributed by atoms with Crippen LogP contribution in [0.15, 0.2) is 53.4 Å². The van der Waals surface area contributed by atoms with Gasteiger partial charge in [-0.3, -0.25) is 4.79 Å². The van der Waals surface area contributed by atoms with Gasteiger partial charge in [-0.25, -0.2) is 13.2 Å². The molecule has 0 aromatic heterocycles. The Bertz CT molecular complexity index is 944. The number of rotatable bonds is 6. The van der Waals surface area contributed by atoms with Gasteiger partial charge in [0.1, 0.15) is 0 Å². The number of halogens is 1. The average molecular weight is 410 g/mol. The Balaban J connectivity index is 2.06. The van der Waals surface area contributed by atoms with Crippen molar-refractivity contribution in [2.75, 3.05) is 19.9 Å². The lowest BCUT2D eigenvalue weighted by atomic mass is 10.1. The van der Waals surface area contributed by atoms with Gasteiger partial charge >= 0.3 is 5.97 Å². The van der Waals surface area contributed by atoms with E-state index in [1.54, 1.807) is 7.05 Å². The number of carbonyl (C=O) groups is 2. The molecule has 6 nitrogen and oxygen atoms in total. The van der Waals surface area contributed by atoms with Crippen molar-refractivity contribution in [1.29, 1.82) is 0 Å². The zero-order valence-electron chi connectivity index (χ0n) is 15.2. The predicted octanol–water partition coefficient (Wildman–Crippen LogP) is 3.12. The summed E-state index contributed by atoms with van der Waals surface area (Å²) in [6.07, 6.45) is 1.02. The van der Waals surface area contributed by atoms with Gasteiger partial charge in [0.2, 0.25) is 0 Å². The molecule has 0 saturated carbocycles. The monoisotopic (exact) mass is 409 g/mol. The summed E-state index contributed by atoms with van der Waals surface area (Å²) in [7, 11) is -1.89. The van der Waals surface area contributed by atoms with Crippen LogP contribution in [0.1, 0.15) is 28.9 Å². The molecule has 0 aliphatic carbocycles. The van der Waals surface area contributed by atoms with Crippen molar-refractivity contribution in [2.24, 2.45) is 0 Å². The number of hydrogen-bond acceptors (Lipinski definition) is 5. The summed E-state index contributed by atoms with van der Waals surface area (Å²) in [5.74, 6) is -1.25. The Labute approximate surface area is 163 Å². The number of esters is 1. The Kier molecular flexibility index (Phi) is 6.62. The third-order valence-corrected chi connectivity index (χ3v) is 5.61. The Morgan fingerprint density at radius 1 is 1.15 bits per heavy atom. The molecule has 2 aromatic rings. The molecule has 1 atom stereocenters. The summed E-state index contributed by atoms with van der Waals surface area (Å²) in [6, 6.07) is 13.0. The summed E-state index contributed by atoms with van der Waals surface area (Å²) >= 11 is 5.96. The van der Waals surface area contributed by atoms with Gasteiger partial charge in [-0.2, -0.15) is 0 Å². The van der Waals surface area contributed by atoms with E-state index in [1.165, 1.54) is 17.0 Å². The third-order valence-electron chi connectivity index (χ3n) is 4.17. The average Bonchev–Trinajstić information content (AvgIpc) is 2.64. The molecule has 0 saturated heterocycles. The zero-order chi connectivity index (χ0) is 20.2. The van der Waals surface area contributed by atoms with Gasteiger partial charge in [0.05, 0.1) is 21.5 Å². The number of carbonyl (C=O) groups excluding carboxylic acids is 2. The lowest BCUT2D eigenvalue weighted by molar-refractivity contribution is -0.135. The first-order chi connectivity index (χ1) is 12.6. The molecule has 8 heteroatoms. The van der Waals surface area contributed by atoms with Gasteiger partial charge in [0, 0.05) is 13.3 Å². The van der Waals surface area contributed by atoms with Gasteiger partial charge in [-0.15, -0.1) is 0 Å². The van der Waals surface area contributed by atoms with E-state index in [0.717, 1.165) is 17.9 Å². The number of nitrogens with zero attached hydrogens (tertiary/aromatic N) is 1. The Morgan fingerprint density at radius 2 is 1.78 bits per heavy atom. The van der Waals surface area contributed by atoms with Crippen LogP contribution in [0, 0.1) is 0 Å². The molecule has 0 fully saturated rings. The summed E-state index contributed by atoms with van der Waals surface area (Å²) in [4.78, 5) is 26.0. The highest BCUT2D eigenvalue weighted by atomic mass is 35.5. The van der Waals surface area contributed by atoms with E-state index in [4.69, 9.17) is 16.3 Å². The van der Waals surface area contributed by atoms with Gasteiger partial charge in [0.15, 0.2) is 16.4 Å². The second-order valence-corrected chi connectivity index (χ2v) is 8.50. The van der Waals surface area contributed by atoms with E-state index in [0.29, 0.717) is 0 Å². The highest BCUT2D eigenvalue weighted by Crippen LogP contribution is 2.22. The maximum atomic E-state index is 12.3. The SMILES string of the molecule is C[C@H](c1ccccc1)N(C)C(=O)COC(=O)c1cc(S(C)(=O)=O)ccc1Cl. The highest BCUT2D eigenvalue weighted by Gasteiger charge is 2.21. The fourth-order valence-electron chi connectivity index (χ4n) is 2.37. The molecule has 0 aliphatic heterocycles. The van der Waals surface area contributed by atoms with Gasteiger partial charge in [0.25, 0.3) is 5.91 Å². The smallest absolute Gasteiger partial charge is 0.340 e. The number of ether oxygens (including phenoxy) is 1. The quantitative estimate of drug-likeness (QED) is 0.685. The fraction of sp³-hybridized carbons (Fsp3) is 0.263. The van der Waals surface area contributed by atoms with Crippen LogP contribution >= 0.6 is 11.6 Å². The minimum atomic E-state index is -3.50. The van der Waals surface area contributed by atoms with E-state index in [9.17, 15) is 18.0 Å². The van der Waals surface area contributed by atoms with E-state index < -0.39 is 28.3 Å². The lowest BCUT2D eigenvalue weighted by Gasteiger charge is -2.25. The second-order valence-electron chi connectivity index (χ2n) is 6.08. The molecule has 0 heterocycles. The third kappa shape index (κ3) is 5.30. The molecule has 0 N–H and O–H groups in total. The van der Waals surface area contributed by atoms with Gasteiger partial charge in [-0.05, 0) is 30.7 Å². The van der Waals surface area contributed by atoms with Crippen molar-refractivity contribution in [1.82, 2.24) is 4.90 Å². The fourth-order valence-corrected chi connectivity index (χ4v) is 3.21. The van der Waals surface area contributed by atoms with E-state index in [2.05, 4.69) is 0 Å². The Hall–Kier alpha value is -2.38. The Morgan fingerprint density at radius 3 is 2.37 bits per heavy atom. The van der Waals surface area contributed by atoms with Crippen molar-refractivity contribution in [3.8, 4) is 0 Å². The van der Waals surface area contributed by atoms with E-state index >= 15 is 0 Å². The first-order valence-corrected chi connectivity index (χ1v) is 10.4. The summed E-state index contributed by atoms with van der Waals surface area (Å²) < 4.78 is 28.3. The molecule has 2 aromatic carbocycles. The maximum absolute atomic E-state index is 12.3. The summed E-state index contributed by atoms with van der Waals surface area (Å²) in [5, 5.41) is 0.0471. The number of sulfone groups is 1. The van der Waals surface area contributed by atoms with Crippen LogP contribution in [0.2, 0.25) is 5.02 Å². The molecule has 0 spiro atoms. The molecule has 0 bridgehead atoms. The number of hydrogen-bond donors (Lipinski definition) is 0. The van der Waals surface area contributed by atoms with E-state index in [1.807, 2.05) is 37.3 Å². The van der Waals surface area contributed by atoms with Crippen LogP contribution in [0.25, 0.3) is 0 Å². The van der Waals surface area contributed by atoms with Crippen LogP contribution in [0.3, 0.4) is 0 Å². The van der Waals surface area contributed by atoms with Crippen molar-refractivity contribution < 1.29 is 22.7 Å². The van der Waals surface area contributed by atoms with Gasteiger partial charge < -0.3 is 9.64 Å². The van der Waals surface area contributed by atoms with Crippen molar-refractivity contribution in [3.63, 3.8) is 0 Å². The van der Waals surface area contributed by atoms with Crippen LogP contribution in [-0.2, 0) is 19.4 Å². The molecule has 0 aliphatic rings. The van der Waals surface area contributed by atoms with Crippen LogP contribution in [-0.4, -0.2) is 45.1 Å². The molecular weight excluding hydrogens is 390 g/mol. The molecule has 1 amide bonds. The normalized spacial score (nSPS) is 12.3. The molecule has 2 rings (SSSR count). The first-order valence-electron chi connectivity index (χ1n) is 8.08. The number of amides is 1. The molecule has 0 radical (unpaired) electrons. The number of likely N-dealkylation sites (N-methyl/N-ethyl adjacent to an activating group) is 1. The minimum Gasteiger partial charge on any atom is -0.452 e. The topological polar surface area (TPSA) is 80.8 Å².